The first-order chi connectivity index (χ1) is 9.55. The van der Waals surface area contributed by atoms with Gasteiger partial charge in [0.15, 0.2) is 0 Å². The van der Waals surface area contributed by atoms with Crippen molar-refractivity contribution in [3.05, 3.63) is 71.8 Å². The lowest BCUT2D eigenvalue weighted by Gasteiger charge is -2.30. The van der Waals surface area contributed by atoms with Crippen LogP contribution in [-0.4, -0.2) is 11.9 Å². The number of nitrogens with two attached hydrogens (primary N) is 1. The van der Waals surface area contributed by atoms with Gasteiger partial charge in [0.1, 0.15) is 5.54 Å². The van der Waals surface area contributed by atoms with Crippen LogP contribution in [0.1, 0.15) is 25.0 Å². The van der Waals surface area contributed by atoms with Crippen LogP contribution in [0.3, 0.4) is 0 Å². The monoisotopic (exact) mass is 268 g/mol. The van der Waals surface area contributed by atoms with E-state index < -0.39 is 5.54 Å². The molecule has 0 bridgehead atoms. The molecule has 0 spiro atoms. The van der Waals surface area contributed by atoms with Crippen molar-refractivity contribution in [2.75, 3.05) is 0 Å². The maximum atomic E-state index is 12.6. The molecule has 3 nitrogen and oxygen atoms in total. The molecule has 0 saturated heterocycles. The van der Waals surface area contributed by atoms with E-state index in [2.05, 4.69) is 5.32 Å². The molecule has 3 heteroatoms. The fourth-order valence-corrected chi connectivity index (χ4v) is 2.21. The highest BCUT2D eigenvalue weighted by Gasteiger charge is 2.37. The molecule has 1 amide bonds. The molecule has 2 aromatic rings. The molecule has 0 fully saturated rings. The molecule has 2 rings (SSSR count). The topological polar surface area (TPSA) is 55.1 Å². The largest absolute Gasteiger partial charge is 0.352 e. The zero-order valence-electron chi connectivity index (χ0n) is 11.8. The second kappa shape index (κ2) is 5.88. The van der Waals surface area contributed by atoms with Gasteiger partial charge in [0.05, 0.1) is 0 Å². The lowest BCUT2D eigenvalue weighted by molar-refractivity contribution is -0.125. The lowest BCUT2D eigenvalue weighted by Crippen LogP contribution is -2.53. The number of carbonyl (C=O) groups is 1. The molecule has 0 radical (unpaired) electrons. The third kappa shape index (κ3) is 2.73. The summed E-state index contributed by atoms with van der Waals surface area (Å²) in [5.41, 5.74) is 6.91. The summed E-state index contributed by atoms with van der Waals surface area (Å²) in [4.78, 5) is 12.6. The summed E-state index contributed by atoms with van der Waals surface area (Å²) >= 11 is 0. The Morgan fingerprint density at radius 1 is 0.950 bits per heavy atom. The van der Waals surface area contributed by atoms with Gasteiger partial charge >= 0.3 is 0 Å². The fraction of sp³-hybridized carbons (Fsp3) is 0.235. The summed E-state index contributed by atoms with van der Waals surface area (Å²) in [6, 6.07) is 19.0. The molecule has 2 aromatic carbocycles. The highest BCUT2D eigenvalue weighted by molar-refractivity contribution is 5.91. The van der Waals surface area contributed by atoms with Crippen LogP contribution in [0.25, 0.3) is 0 Å². The van der Waals surface area contributed by atoms with Crippen LogP contribution in [0, 0.1) is 0 Å². The van der Waals surface area contributed by atoms with E-state index in [4.69, 9.17) is 5.73 Å². The molecule has 20 heavy (non-hydrogen) atoms. The smallest absolute Gasteiger partial charge is 0.249 e. The Hall–Kier alpha value is -2.13. The number of carbonyl (C=O) groups excluding carboxylic acids is 1. The summed E-state index contributed by atoms with van der Waals surface area (Å²) in [6.07, 6.45) is 0. The van der Waals surface area contributed by atoms with Gasteiger partial charge in [-0.3, -0.25) is 4.79 Å². The van der Waals surface area contributed by atoms with E-state index in [-0.39, 0.29) is 11.9 Å². The quantitative estimate of drug-likeness (QED) is 0.894. The maximum absolute atomic E-state index is 12.6. The van der Waals surface area contributed by atoms with Crippen LogP contribution < -0.4 is 11.1 Å². The second-order valence-corrected chi connectivity index (χ2v) is 5.17. The molecular formula is C17H20N2O. The van der Waals surface area contributed by atoms with Gasteiger partial charge in [-0.05, 0) is 25.0 Å². The number of rotatable bonds is 4. The molecule has 0 heterocycles. The average molecular weight is 268 g/mol. The minimum absolute atomic E-state index is 0.0397. The molecular weight excluding hydrogens is 248 g/mol. The summed E-state index contributed by atoms with van der Waals surface area (Å²) in [7, 11) is 0. The molecule has 0 atom stereocenters. The third-order valence-electron chi connectivity index (χ3n) is 3.24. The molecule has 0 aromatic heterocycles. The minimum Gasteiger partial charge on any atom is -0.352 e. The Kier molecular flexibility index (Phi) is 4.20. The molecule has 0 aliphatic rings. The summed E-state index contributed by atoms with van der Waals surface area (Å²) in [5.74, 6) is -0.190. The van der Waals surface area contributed by atoms with E-state index in [1.165, 1.54) is 0 Å². The van der Waals surface area contributed by atoms with Gasteiger partial charge in [0.2, 0.25) is 5.91 Å². The minimum atomic E-state index is -1.17. The molecule has 0 aliphatic heterocycles. The Morgan fingerprint density at radius 3 is 1.70 bits per heavy atom. The molecule has 104 valence electrons. The average Bonchev–Trinajstić information content (AvgIpc) is 2.47. The predicted octanol–water partition coefficient (Wildman–Crippen LogP) is 2.41. The first-order valence-corrected chi connectivity index (χ1v) is 6.76. The number of hydrogen-bond donors (Lipinski definition) is 2. The van der Waals surface area contributed by atoms with Crippen molar-refractivity contribution in [1.29, 1.82) is 0 Å². The fourth-order valence-electron chi connectivity index (χ4n) is 2.21. The van der Waals surface area contributed by atoms with E-state index >= 15 is 0 Å². The van der Waals surface area contributed by atoms with Crippen molar-refractivity contribution in [2.45, 2.75) is 25.4 Å². The van der Waals surface area contributed by atoms with E-state index in [9.17, 15) is 4.79 Å². The SMILES string of the molecule is CC(C)NC(=O)C(N)(c1ccccc1)c1ccccc1. The Bertz CT molecular complexity index is 525. The van der Waals surface area contributed by atoms with E-state index in [1.54, 1.807) is 0 Å². The van der Waals surface area contributed by atoms with Gasteiger partial charge in [-0.1, -0.05) is 60.7 Å². The molecule has 0 aliphatic carbocycles. The van der Waals surface area contributed by atoms with E-state index in [0.717, 1.165) is 11.1 Å². The van der Waals surface area contributed by atoms with Crippen LogP contribution in [0.15, 0.2) is 60.7 Å². The standard InChI is InChI=1S/C17H20N2O/c1-13(2)19-16(20)17(18,14-9-5-3-6-10-14)15-11-7-4-8-12-15/h3-13H,18H2,1-2H3,(H,19,20). The Labute approximate surface area is 119 Å². The van der Waals surface area contributed by atoms with Crippen LogP contribution >= 0.6 is 0 Å². The second-order valence-electron chi connectivity index (χ2n) is 5.17. The Balaban J connectivity index is 2.52. The van der Waals surface area contributed by atoms with Gasteiger partial charge < -0.3 is 11.1 Å². The Morgan fingerprint density at radius 2 is 1.35 bits per heavy atom. The van der Waals surface area contributed by atoms with Crippen LogP contribution in [-0.2, 0) is 10.3 Å². The van der Waals surface area contributed by atoms with Gasteiger partial charge in [-0.25, -0.2) is 0 Å². The van der Waals surface area contributed by atoms with Crippen LogP contribution in [0.2, 0.25) is 0 Å². The van der Waals surface area contributed by atoms with Crippen molar-refractivity contribution < 1.29 is 4.79 Å². The molecule has 3 N–H and O–H groups in total. The van der Waals surface area contributed by atoms with Crippen molar-refractivity contribution in [3.63, 3.8) is 0 Å². The van der Waals surface area contributed by atoms with Gasteiger partial charge in [-0.2, -0.15) is 0 Å². The van der Waals surface area contributed by atoms with Crippen molar-refractivity contribution >= 4 is 5.91 Å². The highest BCUT2D eigenvalue weighted by atomic mass is 16.2. The van der Waals surface area contributed by atoms with Crippen LogP contribution in [0.5, 0.6) is 0 Å². The maximum Gasteiger partial charge on any atom is 0.249 e. The summed E-state index contributed by atoms with van der Waals surface area (Å²) in [5, 5.41) is 2.92. The lowest BCUT2D eigenvalue weighted by atomic mass is 9.82. The van der Waals surface area contributed by atoms with Crippen molar-refractivity contribution in [1.82, 2.24) is 5.32 Å². The summed E-state index contributed by atoms with van der Waals surface area (Å²) in [6.45, 7) is 3.85. The zero-order valence-corrected chi connectivity index (χ0v) is 11.8. The van der Waals surface area contributed by atoms with Crippen molar-refractivity contribution in [2.24, 2.45) is 5.73 Å². The zero-order chi connectivity index (χ0) is 14.6. The van der Waals surface area contributed by atoms with E-state index in [1.807, 2.05) is 74.5 Å². The molecule has 0 unspecified atom stereocenters. The number of hydrogen-bond acceptors (Lipinski definition) is 2. The van der Waals surface area contributed by atoms with Crippen LogP contribution in [0.4, 0.5) is 0 Å². The van der Waals surface area contributed by atoms with Gasteiger partial charge in [0, 0.05) is 6.04 Å². The third-order valence-corrected chi connectivity index (χ3v) is 3.24. The van der Waals surface area contributed by atoms with Gasteiger partial charge in [-0.15, -0.1) is 0 Å². The number of nitrogens with one attached hydrogen (secondary N) is 1. The normalized spacial score (nSPS) is 11.4. The summed E-state index contributed by atoms with van der Waals surface area (Å²) < 4.78 is 0. The number of amides is 1. The first kappa shape index (κ1) is 14.3. The first-order valence-electron chi connectivity index (χ1n) is 6.76. The number of benzene rings is 2. The van der Waals surface area contributed by atoms with Crippen molar-refractivity contribution in [3.8, 4) is 0 Å². The predicted molar refractivity (Wildman–Crippen MR) is 81.1 cm³/mol. The van der Waals surface area contributed by atoms with E-state index in [0.29, 0.717) is 0 Å². The highest BCUT2D eigenvalue weighted by Crippen LogP contribution is 2.27. The molecule has 0 saturated carbocycles. The van der Waals surface area contributed by atoms with Gasteiger partial charge in [0.25, 0.3) is 0 Å².